The summed E-state index contributed by atoms with van der Waals surface area (Å²) in [4.78, 5) is 28.0. The molecule has 0 aliphatic carbocycles. The molecule has 0 spiro atoms. The largest absolute Gasteiger partial charge is 0.418 e. The van der Waals surface area contributed by atoms with Gasteiger partial charge >= 0.3 is 12.3 Å². The van der Waals surface area contributed by atoms with Gasteiger partial charge in [-0.1, -0.05) is 24.3 Å². The summed E-state index contributed by atoms with van der Waals surface area (Å²) >= 11 is 0. The highest BCUT2D eigenvalue weighted by atomic mass is 19.4. The molecule has 1 aliphatic rings. The van der Waals surface area contributed by atoms with Crippen LogP contribution >= 0.6 is 0 Å². The SMILES string of the molecule is Cc1cccc(NC(=O)Oc2ccc(N3CCN(C(=O)c4ccccc4C(F)(F)F)CC3)nn2)c1. The molecule has 1 saturated heterocycles. The fourth-order valence-electron chi connectivity index (χ4n) is 3.72. The van der Waals surface area contributed by atoms with Gasteiger partial charge in [-0.15, -0.1) is 10.2 Å². The van der Waals surface area contributed by atoms with Crippen molar-refractivity contribution in [2.75, 3.05) is 36.4 Å². The lowest BCUT2D eigenvalue weighted by molar-refractivity contribution is -0.138. The van der Waals surface area contributed by atoms with E-state index in [4.69, 9.17) is 4.74 Å². The highest BCUT2D eigenvalue weighted by Gasteiger charge is 2.36. The van der Waals surface area contributed by atoms with Gasteiger partial charge in [0, 0.05) is 37.9 Å². The van der Waals surface area contributed by atoms with Gasteiger partial charge in [-0.05, 0) is 42.8 Å². The fourth-order valence-corrected chi connectivity index (χ4v) is 3.72. The van der Waals surface area contributed by atoms with E-state index in [2.05, 4.69) is 15.5 Å². The fraction of sp³-hybridized carbons (Fsp3) is 0.250. The molecule has 8 nitrogen and oxygen atoms in total. The number of hydrogen-bond acceptors (Lipinski definition) is 6. The molecule has 1 N–H and O–H groups in total. The predicted molar refractivity (Wildman–Crippen MR) is 122 cm³/mol. The standard InChI is InChI=1S/C24H22F3N5O3/c1-16-5-4-6-17(15-16)28-23(34)35-21-10-9-20(29-30-21)31-11-13-32(14-12-31)22(33)18-7-2-3-8-19(18)24(25,26)27/h2-10,15H,11-14H2,1H3,(H,28,34). The van der Waals surface area contributed by atoms with Gasteiger partial charge in [-0.2, -0.15) is 13.2 Å². The summed E-state index contributed by atoms with van der Waals surface area (Å²) in [5, 5.41) is 10.6. The molecule has 0 bridgehead atoms. The predicted octanol–water partition coefficient (Wildman–Crippen LogP) is 4.38. The van der Waals surface area contributed by atoms with Crippen LogP contribution in [-0.4, -0.2) is 53.3 Å². The number of ether oxygens (including phenoxy) is 1. The lowest BCUT2D eigenvalue weighted by Gasteiger charge is -2.35. The number of amides is 2. The second-order valence-corrected chi connectivity index (χ2v) is 7.94. The first-order chi connectivity index (χ1) is 16.7. The smallest absolute Gasteiger partial charge is 0.389 e. The number of carbonyl (C=O) groups excluding carboxylic acids is 2. The third kappa shape index (κ3) is 5.86. The van der Waals surface area contributed by atoms with Crippen LogP contribution in [-0.2, 0) is 6.18 Å². The Balaban J connectivity index is 1.33. The number of carbonyl (C=O) groups is 2. The molecule has 3 aromatic rings. The first kappa shape index (κ1) is 24.0. The molecule has 1 fully saturated rings. The summed E-state index contributed by atoms with van der Waals surface area (Å²) in [7, 11) is 0. The van der Waals surface area contributed by atoms with Crippen LogP contribution < -0.4 is 15.0 Å². The number of halogens is 3. The number of anilines is 2. The summed E-state index contributed by atoms with van der Waals surface area (Å²) < 4.78 is 44.9. The summed E-state index contributed by atoms with van der Waals surface area (Å²) in [5.41, 5.74) is 0.266. The quantitative estimate of drug-likeness (QED) is 0.590. The number of benzene rings is 2. The van der Waals surface area contributed by atoms with Crippen molar-refractivity contribution in [3.05, 3.63) is 77.4 Å². The number of nitrogens with one attached hydrogen (secondary N) is 1. The normalized spacial score (nSPS) is 13.9. The van der Waals surface area contributed by atoms with E-state index in [-0.39, 0.29) is 24.5 Å². The average molecular weight is 485 g/mol. The number of alkyl halides is 3. The number of hydrogen-bond donors (Lipinski definition) is 1. The minimum Gasteiger partial charge on any atom is -0.389 e. The van der Waals surface area contributed by atoms with Gasteiger partial charge in [0.15, 0.2) is 5.82 Å². The molecule has 35 heavy (non-hydrogen) atoms. The van der Waals surface area contributed by atoms with E-state index in [9.17, 15) is 22.8 Å². The van der Waals surface area contributed by atoms with Crippen molar-refractivity contribution >= 4 is 23.5 Å². The van der Waals surface area contributed by atoms with Crippen LogP contribution in [0.5, 0.6) is 5.88 Å². The Labute approximate surface area is 199 Å². The average Bonchev–Trinajstić information content (AvgIpc) is 2.84. The molecule has 1 aromatic heterocycles. The maximum Gasteiger partial charge on any atom is 0.418 e. The number of piperazine rings is 1. The van der Waals surface area contributed by atoms with E-state index in [0.717, 1.165) is 11.6 Å². The summed E-state index contributed by atoms with van der Waals surface area (Å²) in [6, 6.07) is 15.1. The minimum absolute atomic E-state index is 0.0106. The lowest BCUT2D eigenvalue weighted by atomic mass is 10.1. The van der Waals surface area contributed by atoms with Crippen LogP contribution in [0.3, 0.4) is 0 Å². The van der Waals surface area contributed by atoms with Gasteiger partial charge < -0.3 is 14.5 Å². The first-order valence-electron chi connectivity index (χ1n) is 10.8. The van der Waals surface area contributed by atoms with Crippen LogP contribution in [0.15, 0.2) is 60.7 Å². The van der Waals surface area contributed by atoms with Crippen LogP contribution in [0.1, 0.15) is 21.5 Å². The summed E-state index contributed by atoms with van der Waals surface area (Å²) in [6.07, 6.45) is -5.31. The molecular formula is C24H22F3N5O3. The monoisotopic (exact) mass is 485 g/mol. The second kappa shape index (κ2) is 10.00. The van der Waals surface area contributed by atoms with Crippen LogP contribution in [0.4, 0.5) is 29.5 Å². The van der Waals surface area contributed by atoms with Gasteiger partial charge in [0.2, 0.25) is 5.88 Å². The zero-order chi connectivity index (χ0) is 25.0. The van der Waals surface area contributed by atoms with E-state index in [1.807, 2.05) is 24.0 Å². The van der Waals surface area contributed by atoms with Gasteiger partial charge in [-0.25, -0.2) is 4.79 Å². The van der Waals surface area contributed by atoms with Gasteiger partial charge in [-0.3, -0.25) is 10.1 Å². The molecule has 0 radical (unpaired) electrons. The van der Waals surface area contributed by atoms with Crippen molar-refractivity contribution in [1.82, 2.24) is 15.1 Å². The van der Waals surface area contributed by atoms with Gasteiger partial charge in [0.1, 0.15) is 0 Å². The van der Waals surface area contributed by atoms with E-state index < -0.39 is 23.7 Å². The molecule has 2 heterocycles. The Morgan fingerprint density at radius 1 is 0.943 bits per heavy atom. The van der Waals surface area contributed by atoms with E-state index in [1.165, 1.54) is 29.2 Å². The van der Waals surface area contributed by atoms with Crippen LogP contribution in [0.25, 0.3) is 0 Å². The molecule has 2 amide bonds. The molecule has 4 rings (SSSR count). The third-order valence-electron chi connectivity index (χ3n) is 5.44. The molecular weight excluding hydrogens is 463 g/mol. The zero-order valence-electron chi connectivity index (χ0n) is 18.7. The molecule has 1 aliphatic heterocycles. The van der Waals surface area contributed by atoms with Crippen molar-refractivity contribution in [2.45, 2.75) is 13.1 Å². The number of nitrogens with zero attached hydrogens (tertiary/aromatic N) is 4. The van der Waals surface area contributed by atoms with Gasteiger partial charge in [0.25, 0.3) is 5.91 Å². The zero-order valence-corrected chi connectivity index (χ0v) is 18.7. The maximum absolute atomic E-state index is 13.3. The Hall–Kier alpha value is -4.15. The molecule has 0 atom stereocenters. The number of rotatable bonds is 4. The van der Waals surface area contributed by atoms with Crippen molar-refractivity contribution < 1.29 is 27.5 Å². The molecule has 2 aromatic carbocycles. The Morgan fingerprint density at radius 2 is 1.69 bits per heavy atom. The summed E-state index contributed by atoms with van der Waals surface area (Å²) in [5.74, 6) is -0.150. The molecule has 11 heteroatoms. The topological polar surface area (TPSA) is 87.7 Å². The highest BCUT2D eigenvalue weighted by Crippen LogP contribution is 2.32. The van der Waals surface area contributed by atoms with E-state index in [1.54, 1.807) is 18.2 Å². The van der Waals surface area contributed by atoms with Crippen LogP contribution in [0, 0.1) is 6.92 Å². The van der Waals surface area contributed by atoms with Crippen molar-refractivity contribution in [2.24, 2.45) is 0 Å². The van der Waals surface area contributed by atoms with Crippen molar-refractivity contribution in [3.8, 4) is 5.88 Å². The number of aryl methyl sites for hydroxylation is 1. The Bertz CT molecular complexity index is 1210. The lowest BCUT2D eigenvalue weighted by Crippen LogP contribution is -2.49. The number of aromatic nitrogens is 2. The highest BCUT2D eigenvalue weighted by molar-refractivity contribution is 5.96. The second-order valence-electron chi connectivity index (χ2n) is 7.94. The summed E-state index contributed by atoms with van der Waals surface area (Å²) in [6.45, 7) is 3.08. The molecule has 182 valence electrons. The molecule has 0 saturated carbocycles. The molecule has 0 unspecified atom stereocenters. The van der Waals surface area contributed by atoms with Crippen LogP contribution in [0.2, 0.25) is 0 Å². The third-order valence-corrected chi connectivity index (χ3v) is 5.44. The van der Waals surface area contributed by atoms with E-state index in [0.29, 0.717) is 24.6 Å². The van der Waals surface area contributed by atoms with Gasteiger partial charge in [0.05, 0.1) is 11.1 Å². The van der Waals surface area contributed by atoms with Crippen molar-refractivity contribution in [3.63, 3.8) is 0 Å². The van der Waals surface area contributed by atoms with Crippen molar-refractivity contribution in [1.29, 1.82) is 0 Å². The Morgan fingerprint density at radius 3 is 2.34 bits per heavy atom. The first-order valence-corrected chi connectivity index (χ1v) is 10.8. The maximum atomic E-state index is 13.3. The van der Waals surface area contributed by atoms with E-state index >= 15 is 0 Å². The minimum atomic E-state index is -4.61. The Kier molecular flexibility index (Phi) is 6.85.